The summed E-state index contributed by atoms with van der Waals surface area (Å²) in [4.78, 5) is 11.9. The van der Waals surface area contributed by atoms with Gasteiger partial charge in [0.15, 0.2) is 0 Å². The van der Waals surface area contributed by atoms with Gasteiger partial charge in [0.1, 0.15) is 5.75 Å². The van der Waals surface area contributed by atoms with Crippen LogP contribution in [0.15, 0.2) is 28.7 Å². The summed E-state index contributed by atoms with van der Waals surface area (Å²) in [6, 6.07) is 4.55. The third kappa shape index (κ3) is 4.47. The maximum absolute atomic E-state index is 12.1. The second kappa shape index (κ2) is 6.46. The maximum atomic E-state index is 12.1. The highest BCUT2D eigenvalue weighted by atomic mass is 19.4. The van der Waals surface area contributed by atoms with Gasteiger partial charge in [-0.25, -0.2) is 0 Å². The Bertz CT molecular complexity index is 655. The molecule has 0 bridgehead atoms. The van der Waals surface area contributed by atoms with Gasteiger partial charge < -0.3 is 9.15 Å². The fraction of sp³-hybridized carbons (Fsp3) is 0.308. The fourth-order valence-electron chi connectivity index (χ4n) is 1.62. The van der Waals surface area contributed by atoms with Crippen LogP contribution >= 0.6 is 0 Å². The quantitative estimate of drug-likeness (QED) is 0.917. The first kappa shape index (κ1) is 15.8. The first-order chi connectivity index (χ1) is 10.4. The summed E-state index contributed by atoms with van der Waals surface area (Å²) in [5, 5.41) is 9.65. The van der Waals surface area contributed by atoms with Crippen molar-refractivity contribution in [3.05, 3.63) is 35.7 Å². The van der Waals surface area contributed by atoms with Crippen LogP contribution in [0, 0.1) is 0 Å². The molecule has 0 atom stereocenters. The van der Waals surface area contributed by atoms with Crippen LogP contribution in [0.4, 0.5) is 19.2 Å². The van der Waals surface area contributed by atoms with Crippen molar-refractivity contribution in [3.8, 4) is 5.75 Å². The Kier molecular flexibility index (Phi) is 4.64. The van der Waals surface area contributed by atoms with Crippen LogP contribution in [0.3, 0.4) is 0 Å². The summed E-state index contributed by atoms with van der Waals surface area (Å²) < 4.78 is 45.3. The Labute approximate surface area is 123 Å². The summed E-state index contributed by atoms with van der Waals surface area (Å²) >= 11 is 0. The van der Waals surface area contributed by atoms with Gasteiger partial charge in [-0.1, -0.05) is 18.1 Å². The normalized spacial score (nSPS) is 11.3. The van der Waals surface area contributed by atoms with Gasteiger partial charge in [0.25, 0.3) is 5.91 Å². The number of nitrogens with one attached hydrogen (secondary N) is 1. The molecule has 0 aliphatic heterocycles. The largest absolute Gasteiger partial charge is 0.573 e. The third-order valence-electron chi connectivity index (χ3n) is 2.48. The zero-order valence-electron chi connectivity index (χ0n) is 11.5. The number of alkyl halides is 3. The number of benzene rings is 1. The molecule has 22 heavy (non-hydrogen) atoms. The first-order valence-corrected chi connectivity index (χ1v) is 6.37. The Hall–Kier alpha value is -2.58. The maximum Gasteiger partial charge on any atom is 0.573 e. The lowest BCUT2D eigenvalue weighted by Gasteiger charge is -2.09. The number of ether oxygens (including phenoxy) is 1. The molecule has 0 saturated carbocycles. The highest BCUT2D eigenvalue weighted by Crippen LogP contribution is 2.23. The van der Waals surface area contributed by atoms with Gasteiger partial charge in [0.05, 0.1) is 0 Å². The van der Waals surface area contributed by atoms with Gasteiger partial charge in [0, 0.05) is 12.0 Å². The number of amides is 1. The number of rotatable bonds is 5. The summed E-state index contributed by atoms with van der Waals surface area (Å²) in [6.07, 6.45) is -3.46. The van der Waals surface area contributed by atoms with E-state index >= 15 is 0 Å². The minimum atomic E-state index is -4.82. The smallest absolute Gasteiger partial charge is 0.408 e. The molecule has 1 aromatic heterocycles. The van der Waals surface area contributed by atoms with E-state index in [4.69, 9.17) is 4.42 Å². The van der Waals surface area contributed by atoms with E-state index in [1.54, 1.807) is 0 Å². The standard InChI is InChI=1S/C13H12F3N3O3/c1-2-4-10-18-19-12(21-10)17-11(20)8-5-3-6-9(7-8)22-13(14,15)16/h3,5-7H,2,4H2,1H3,(H,17,19,20). The molecule has 6 nitrogen and oxygen atoms in total. The average molecular weight is 315 g/mol. The monoisotopic (exact) mass is 315 g/mol. The van der Waals surface area contributed by atoms with Crippen molar-refractivity contribution >= 4 is 11.9 Å². The number of hydrogen-bond acceptors (Lipinski definition) is 5. The molecule has 0 aliphatic rings. The number of hydrogen-bond donors (Lipinski definition) is 1. The van der Waals surface area contributed by atoms with Crippen LogP contribution < -0.4 is 10.1 Å². The average Bonchev–Trinajstić information content (AvgIpc) is 2.85. The molecule has 0 unspecified atom stereocenters. The zero-order valence-corrected chi connectivity index (χ0v) is 11.5. The number of halogens is 3. The van der Waals surface area contributed by atoms with E-state index in [9.17, 15) is 18.0 Å². The molecule has 0 aliphatic carbocycles. The Balaban J connectivity index is 2.07. The summed E-state index contributed by atoms with van der Waals surface area (Å²) in [6.45, 7) is 1.93. The lowest BCUT2D eigenvalue weighted by atomic mass is 10.2. The molecular weight excluding hydrogens is 303 g/mol. The molecule has 1 heterocycles. The number of nitrogens with zero attached hydrogens (tertiary/aromatic N) is 2. The van der Waals surface area contributed by atoms with Crippen molar-refractivity contribution in [2.45, 2.75) is 26.1 Å². The number of carbonyl (C=O) groups is 1. The van der Waals surface area contributed by atoms with Gasteiger partial charge in [-0.15, -0.1) is 18.3 Å². The van der Waals surface area contributed by atoms with Crippen LogP contribution in [-0.2, 0) is 6.42 Å². The van der Waals surface area contributed by atoms with Crippen LogP contribution in [0.2, 0.25) is 0 Å². The van der Waals surface area contributed by atoms with Crippen molar-refractivity contribution in [3.63, 3.8) is 0 Å². The van der Waals surface area contributed by atoms with Gasteiger partial charge in [-0.2, -0.15) is 0 Å². The topological polar surface area (TPSA) is 77.2 Å². The highest BCUT2D eigenvalue weighted by Gasteiger charge is 2.31. The van der Waals surface area contributed by atoms with Gasteiger partial charge in [-0.3, -0.25) is 10.1 Å². The van der Waals surface area contributed by atoms with Gasteiger partial charge in [0.2, 0.25) is 5.89 Å². The van der Waals surface area contributed by atoms with Crippen LogP contribution in [-0.4, -0.2) is 22.5 Å². The summed E-state index contributed by atoms with van der Waals surface area (Å²) in [5.74, 6) is -0.802. The van der Waals surface area contributed by atoms with E-state index in [0.717, 1.165) is 18.6 Å². The second-order valence-corrected chi connectivity index (χ2v) is 4.28. The van der Waals surface area contributed by atoms with Gasteiger partial charge in [-0.05, 0) is 24.6 Å². The van der Waals surface area contributed by atoms with E-state index in [1.165, 1.54) is 12.1 Å². The van der Waals surface area contributed by atoms with Crippen molar-refractivity contribution in [1.29, 1.82) is 0 Å². The van der Waals surface area contributed by atoms with E-state index in [2.05, 4.69) is 20.3 Å². The second-order valence-electron chi connectivity index (χ2n) is 4.28. The molecule has 1 aromatic carbocycles. The van der Waals surface area contributed by atoms with Crippen molar-refractivity contribution in [1.82, 2.24) is 10.2 Å². The van der Waals surface area contributed by atoms with Crippen LogP contribution in [0.25, 0.3) is 0 Å². The Morgan fingerprint density at radius 1 is 1.36 bits per heavy atom. The molecule has 0 radical (unpaired) electrons. The minimum absolute atomic E-state index is 0.0306. The van der Waals surface area contributed by atoms with Crippen molar-refractivity contribution in [2.24, 2.45) is 0 Å². The number of aryl methyl sites for hydroxylation is 1. The van der Waals surface area contributed by atoms with Crippen LogP contribution in [0.5, 0.6) is 5.75 Å². The summed E-state index contributed by atoms with van der Waals surface area (Å²) in [7, 11) is 0. The molecular formula is C13H12F3N3O3. The fourth-order valence-corrected chi connectivity index (χ4v) is 1.62. The molecule has 0 fully saturated rings. The minimum Gasteiger partial charge on any atom is -0.408 e. The van der Waals surface area contributed by atoms with Crippen molar-refractivity contribution < 1.29 is 27.1 Å². The highest BCUT2D eigenvalue weighted by molar-refractivity contribution is 6.03. The SMILES string of the molecule is CCCc1nnc(NC(=O)c2cccc(OC(F)(F)F)c2)o1. The zero-order chi connectivity index (χ0) is 16.2. The predicted molar refractivity (Wildman–Crippen MR) is 69.4 cm³/mol. The first-order valence-electron chi connectivity index (χ1n) is 6.37. The van der Waals surface area contributed by atoms with Gasteiger partial charge >= 0.3 is 12.4 Å². The third-order valence-corrected chi connectivity index (χ3v) is 2.48. The van der Waals surface area contributed by atoms with E-state index in [-0.39, 0.29) is 11.6 Å². The molecule has 2 rings (SSSR count). The van der Waals surface area contributed by atoms with E-state index in [1.807, 2.05) is 6.92 Å². The number of aromatic nitrogens is 2. The Morgan fingerprint density at radius 2 is 2.14 bits per heavy atom. The molecule has 1 N–H and O–H groups in total. The number of anilines is 1. The van der Waals surface area contributed by atoms with Crippen LogP contribution in [0.1, 0.15) is 29.6 Å². The molecule has 9 heteroatoms. The number of carbonyl (C=O) groups excluding carboxylic acids is 1. The molecule has 0 saturated heterocycles. The predicted octanol–water partition coefficient (Wildman–Crippen LogP) is 3.17. The Morgan fingerprint density at radius 3 is 2.82 bits per heavy atom. The summed E-state index contributed by atoms with van der Waals surface area (Å²) in [5.41, 5.74) is -0.0306. The lowest BCUT2D eigenvalue weighted by Crippen LogP contribution is -2.18. The van der Waals surface area contributed by atoms with E-state index < -0.39 is 18.0 Å². The molecule has 1 amide bonds. The molecule has 0 spiro atoms. The van der Waals surface area contributed by atoms with E-state index in [0.29, 0.717) is 12.3 Å². The molecule has 118 valence electrons. The van der Waals surface area contributed by atoms with Crippen molar-refractivity contribution in [2.75, 3.05) is 5.32 Å². The molecule has 2 aromatic rings. The lowest BCUT2D eigenvalue weighted by molar-refractivity contribution is -0.274.